The molecule has 2 heterocycles. The molecule has 1 aliphatic rings. The number of hydrogen-bond acceptors (Lipinski definition) is 3. The van der Waals surface area contributed by atoms with Crippen molar-refractivity contribution in [1.82, 2.24) is 14.9 Å². The molecule has 1 N–H and O–H groups in total. The van der Waals surface area contributed by atoms with Gasteiger partial charge < -0.3 is 14.3 Å². The molecule has 0 saturated heterocycles. The Morgan fingerprint density at radius 2 is 2.37 bits per heavy atom. The van der Waals surface area contributed by atoms with Gasteiger partial charge in [-0.2, -0.15) is 0 Å². The summed E-state index contributed by atoms with van der Waals surface area (Å²) in [5.41, 5.74) is 0. The molecule has 3 rings (SSSR count). The van der Waals surface area contributed by atoms with Gasteiger partial charge in [0.15, 0.2) is 10.4 Å². The quantitative estimate of drug-likeness (QED) is 0.919. The molecule has 0 bridgehead atoms. The number of amides is 1. The first-order chi connectivity index (χ1) is 9.24. The lowest BCUT2D eigenvalue weighted by molar-refractivity contribution is 0.0923. The van der Waals surface area contributed by atoms with Gasteiger partial charge in [-0.05, 0) is 40.9 Å². The molecule has 1 amide bonds. The molecule has 19 heavy (non-hydrogen) atoms. The standard InChI is InChI=1S/C13H14BrN3O2/c14-11-4-3-10(19-11)13(18)16-6-8-17-7-5-15-12(17)9-1-2-9/h3-5,7,9H,1-2,6,8H2,(H,16,18). The third kappa shape index (κ3) is 2.89. The minimum atomic E-state index is -0.196. The van der Waals surface area contributed by atoms with Crippen molar-refractivity contribution in [1.29, 1.82) is 0 Å². The van der Waals surface area contributed by atoms with Crippen LogP contribution in [0.25, 0.3) is 0 Å². The maximum Gasteiger partial charge on any atom is 0.287 e. The second kappa shape index (κ2) is 5.21. The Morgan fingerprint density at radius 1 is 1.53 bits per heavy atom. The van der Waals surface area contributed by atoms with E-state index in [2.05, 4.69) is 30.8 Å². The summed E-state index contributed by atoms with van der Waals surface area (Å²) in [6.45, 7) is 1.30. The van der Waals surface area contributed by atoms with Gasteiger partial charge in [-0.3, -0.25) is 4.79 Å². The van der Waals surface area contributed by atoms with Crippen LogP contribution in [0.2, 0.25) is 0 Å². The van der Waals surface area contributed by atoms with Crippen LogP contribution >= 0.6 is 15.9 Å². The van der Waals surface area contributed by atoms with Gasteiger partial charge in [0, 0.05) is 31.4 Å². The van der Waals surface area contributed by atoms with E-state index in [4.69, 9.17) is 4.42 Å². The molecular formula is C13H14BrN3O2. The first-order valence-electron chi connectivity index (χ1n) is 6.28. The Balaban J connectivity index is 1.52. The Kier molecular flexibility index (Phi) is 3.42. The van der Waals surface area contributed by atoms with E-state index in [-0.39, 0.29) is 5.91 Å². The molecule has 6 heteroatoms. The predicted molar refractivity (Wildman–Crippen MR) is 72.9 cm³/mol. The van der Waals surface area contributed by atoms with Crippen LogP contribution in [-0.4, -0.2) is 22.0 Å². The molecule has 5 nitrogen and oxygen atoms in total. The highest BCUT2D eigenvalue weighted by Crippen LogP contribution is 2.38. The highest BCUT2D eigenvalue weighted by Gasteiger charge is 2.27. The normalized spacial score (nSPS) is 14.6. The van der Waals surface area contributed by atoms with Gasteiger partial charge in [0.05, 0.1) is 0 Å². The topological polar surface area (TPSA) is 60.1 Å². The zero-order valence-electron chi connectivity index (χ0n) is 10.3. The second-order valence-electron chi connectivity index (χ2n) is 4.61. The van der Waals surface area contributed by atoms with E-state index in [0.717, 1.165) is 12.4 Å². The van der Waals surface area contributed by atoms with Crippen molar-refractivity contribution in [3.05, 3.63) is 40.8 Å². The first kappa shape index (κ1) is 12.5. The van der Waals surface area contributed by atoms with E-state index in [1.54, 1.807) is 12.1 Å². The van der Waals surface area contributed by atoms with Crippen LogP contribution in [0.3, 0.4) is 0 Å². The van der Waals surface area contributed by atoms with E-state index in [9.17, 15) is 4.79 Å². The molecule has 2 aromatic rings. The zero-order valence-corrected chi connectivity index (χ0v) is 11.9. The molecule has 0 unspecified atom stereocenters. The van der Waals surface area contributed by atoms with Gasteiger partial charge in [-0.1, -0.05) is 0 Å². The molecule has 0 aromatic carbocycles. The summed E-state index contributed by atoms with van der Waals surface area (Å²) < 4.78 is 7.86. The number of imidazole rings is 1. The van der Waals surface area contributed by atoms with Crippen LogP contribution in [0.15, 0.2) is 33.6 Å². The third-order valence-corrected chi connectivity index (χ3v) is 3.55. The van der Waals surface area contributed by atoms with E-state index in [0.29, 0.717) is 22.9 Å². The molecule has 0 aliphatic heterocycles. The van der Waals surface area contributed by atoms with E-state index in [1.165, 1.54) is 12.8 Å². The zero-order chi connectivity index (χ0) is 13.2. The van der Waals surface area contributed by atoms with E-state index >= 15 is 0 Å². The van der Waals surface area contributed by atoms with Gasteiger partial charge in [0.25, 0.3) is 5.91 Å². The Labute approximate surface area is 119 Å². The number of nitrogens with zero attached hydrogens (tertiary/aromatic N) is 2. The summed E-state index contributed by atoms with van der Waals surface area (Å²) in [5.74, 6) is 1.88. The number of rotatable bonds is 5. The number of nitrogens with one attached hydrogen (secondary N) is 1. The minimum absolute atomic E-state index is 0.196. The first-order valence-corrected chi connectivity index (χ1v) is 7.08. The van der Waals surface area contributed by atoms with E-state index in [1.807, 2.05) is 12.4 Å². The summed E-state index contributed by atoms with van der Waals surface area (Å²) in [6.07, 6.45) is 6.23. The Bertz CT molecular complexity index is 586. The van der Waals surface area contributed by atoms with Crippen molar-refractivity contribution in [2.45, 2.75) is 25.3 Å². The van der Waals surface area contributed by atoms with Crippen molar-refractivity contribution in [3.63, 3.8) is 0 Å². The maximum absolute atomic E-state index is 11.8. The number of aromatic nitrogens is 2. The monoisotopic (exact) mass is 323 g/mol. The minimum Gasteiger partial charge on any atom is -0.444 e. The predicted octanol–water partition coefficient (Wildman–Crippen LogP) is 2.55. The maximum atomic E-state index is 11.8. The molecule has 0 spiro atoms. The molecule has 100 valence electrons. The highest BCUT2D eigenvalue weighted by molar-refractivity contribution is 9.10. The van der Waals surface area contributed by atoms with Gasteiger partial charge in [0.1, 0.15) is 5.82 Å². The average Bonchev–Trinajstić information content (AvgIpc) is 2.97. The highest BCUT2D eigenvalue weighted by atomic mass is 79.9. The van der Waals surface area contributed by atoms with Crippen LogP contribution in [-0.2, 0) is 6.54 Å². The molecular weight excluding hydrogens is 310 g/mol. The molecule has 1 saturated carbocycles. The summed E-state index contributed by atoms with van der Waals surface area (Å²) >= 11 is 3.17. The van der Waals surface area contributed by atoms with Gasteiger partial charge in [-0.15, -0.1) is 0 Å². The SMILES string of the molecule is O=C(NCCn1ccnc1C1CC1)c1ccc(Br)o1. The number of hydrogen-bond donors (Lipinski definition) is 1. The molecule has 1 aliphatic carbocycles. The second-order valence-corrected chi connectivity index (χ2v) is 5.39. The van der Waals surface area contributed by atoms with Crippen LogP contribution in [0.1, 0.15) is 35.1 Å². The van der Waals surface area contributed by atoms with E-state index < -0.39 is 0 Å². The van der Waals surface area contributed by atoms with Crippen molar-refractivity contribution < 1.29 is 9.21 Å². The average molecular weight is 324 g/mol. The van der Waals surface area contributed by atoms with Crippen molar-refractivity contribution in [2.24, 2.45) is 0 Å². The summed E-state index contributed by atoms with van der Waals surface area (Å²) in [7, 11) is 0. The molecule has 1 fully saturated rings. The van der Waals surface area contributed by atoms with Crippen LogP contribution < -0.4 is 5.32 Å². The lowest BCUT2D eigenvalue weighted by atomic mass is 10.4. The smallest absolute Gasteiger partial charge is 0.287 e. The third-order valence-electron chi connectivity index (χ3n) is 3.13. The molecule has 2 aromatic heterocycles. The number of carbonyl (C=O) groups excluding carboxylic acids is 1. The number of halogens is 1. The molecule has 0 radical (unpaired) electrons. The van der Waals surface area contributed by atoms with Crippen LogP contribution in [0, 0.1) is 0 Å². The fourth-order valence-electron chi connectivity index (χ4n) is 2.02. The van der Waals surface area contributed by atoms with Crippen LogP contribution in [0.5, 0.6) is 0 Å². The fraction of sp³-hybridized carbons (Fsp3) is 0.385. The lowest BCUT2D eigenvalue weighted by Gasteiger charge is -2.07. The Morgan fingerprint density at radius 3 is 3.05 bits per heavy atom. The lowest BCUT2D eigenvalue weighted by Crippen LogP contribution is -2.27. The van der Waals surface area contributed by atoms with Gasteiger partial charge >= 0.3 is 0 Å². The molecule has 0 atom stereocenters. The fourth-order valence-corrected chi connectivity index (χ4v) is 2.33. The van der Waals surface area contributed by atoms with Crippen molar-refractivity contribution in [2.75, 3.05) is 6.54 Å². The summed E-state index contributed by atoms with van der Waals surface area (Å²) in [6, 6.07) is 3.35. The van der Waals surface area contributed by atoms with Gasteiger partial charge in [0.2, 0.25) is 0 Å². The Hall–Kier alpha value is -1.56. The van der Waals surface area contributed by atoms with Crippen LogP contribution in [0.4, 0.5) is 0 Å². The summed E-state index contributed by atoms with van der Waals surface area (Å²) in [4.78, 5) is 16.1. The summed E-state index contributed by atoms with van der Waals surface area (Å²) in [5, 5.41) is 2.83. The largest absolute Gasteiger partial charge is 0.444 e. The number of furan rings is 1. The van der Waals surface area contributed by atoms with Crippen molar-refractivity contribution >= 4 is 21.8 Å². The number of carbonyl (C=O) groups is 1. The van der Waals surface area contributed by atoms with Crippen molar-refractivity contribution in [3.8, 4) is 0 Å². The van der Waals surface area contributed by atoms with Gasteiger partial charge in [-0.25, -0.2) is 4.98 Å².